The van der Waals surface area contributed by atoms with E-state index in [1.54, 1.807) is 0 Å². The Morgan fingerprint density at radius 1 is 1.24 bits per heavy atom. The Balaban J connectivity index is 1.65. The molecule has 0 bridgehead atoms. The van der Waals surface area contributed by atoms with Crippen LogP contribution in [-0.2, 0) is 4.79 Å². The third-order valence-corrected chi connectivity index (χ3v) is 6.36. The number of benzene rings is 1. The molecule has 1 saturated carbocycles. The summed E-state index contributed by atoms with van der Waals surface area (Å²) in [5.74, 6) is -0.291. The lowest BCUT2D eigenvalue weighted by Gasteiger charge is -2.46. The zero-order chi connectivity index (χ0) is 18.0. The summed E-state index contributed by atoms with van der Waals surface area (Å²) in [5, 5.41) is 18.5. The number of anilines is 1. The van der Waals surface area contributed by atoms with Crippen molar-refractivity contribution in [1.82, 2.24) is 0 Å². The van der Waals surface area contributed by atoms with Gasteiger partial charge < -0.3 is 10.0 Å². The van der Waals surface area contributed by atoms with E-state index in [1.165, 1.54) is 5.56 Å². The van der Waals surface area contributed by atoms with Crippen LogP contribution in [0, 0.1) is 36.5 Å². The molecule has 3 rings (SSSR count). The summed E-state index contributed by atoms with van der Waals surface area (Å²) in [4.78, 5) is 13.3. The van der Waals surface area contributed by atoms with Crippen molar-refractivity contribution >= 4 is 11.7 Å². The number of carboxylic acids is 1. The lowest BCUT2D eigenvalue weighted by Crippen LogP contribution is -2.42. The number of aryl methyl sites for hydroxylation is 2. The molecule has 25 heavy (non-hydrogen) atoms. The average Bonchev–Trinajstić information content (AvgIpc) is 2.57. The summed E-state index contributed by atoms with van der Waals surface area (Å²) in [6, 6.07) is 6.61. The number of carboxylic acid groups (broad SMARTS) is 1. The Kier molecular flexibility index (Phi) is 5.03. The second kappa shape index (κ2) is 7.07. The van der Waals surface area contributed by atoms with Crippen molar-refractivity contribution in [2.24, 2.45) is 11.3 Å². The van der Waals surface area contributed by atoms with Crippen LogP contribution in [0.25, 0.3) is 0 Å². The molecule has 1 aliphatic heterocycles. The van der Waals surface area contributed by atoms with E-state index < -0.39 is 5.97 Å². The van der Waals surface area contributed by atoms with Gasteiger partial charge in [0, 0.05) is 19.5 Å². The van der Waals surface area contributed by atoms with E-state index in [0.29, 0.717) is 17.8 Å². The van der Waals surface area contributed by atoms with Gasteiger partial charge in [-0.15, -0.1) is 0 Å². The predicted molar refractivity (Wildman–Crippen MR) is 98.7 cm³/mol. The summed E-state index contributed by atoms with van der Waals surface area (Å²) >= 11 is 0. The number of hydrogen-bond acceptors (Lipinski definition) is 3. The van der Waals surface area contributed by atoms with Crippen LogP contribution in [-0.4, -0.2) is 24.2 Å². The van der Waals surface area contributed by atoms with Gasteiger partial charge in [-0.2, -0.15) is 5.26 Å². The van der Waals surface area contributed by atoms with Crippen LogP contribution < -0.4 is 4.90 Å². The van der Waals surface area contributed by atoms with Crippen LogP contribution >= 0.6 is 0 Å². The maximum atomic E-state index is 10.9. The van der Waals surface area contributed by atoms with Crippen molar-refractivity contribution in [3.63, 3.8) is 0 Å². The minimum atomic E-state index is -0.658. The highest BCUT2D eigenvalue weighted by Crippen LogP contribution is 2.47. The van der Waals surface area contributed by atoms with Gasteiger partial charge >= 0.3 is 5.97 Å². The molecule has 0 radical (unpaired) electrons. The number of rotatable bonds is 3. The summed E-state index contributed by atoms with van der Waals surface area (Å²) < 4.78 is 0. The van der Waals surface area contributed by atoms with Gasteiger partial charge in [0.2, 0.25) is 0 Å². The van der Waals surface area contributed by atoms with Crippen molar-refractivity contribution < 1.29 is 9.90 Å². The number of nitrogens with zero attached hydrogens (tertiary/aromatic N) is 2. The first-order valence-electron chi connectivity index (χ1n) is 9.40. The molecule has 1 spiro atoms. The van der Waals surface area contributed by atoms with E-state index in [1.807, 2.05) is 6.92 Å². The highest BCUT2D eigenvalue weighted by Gasteiger charge is 2.38. The fourth-order valence-electron chi connectivity index (χ4n) is 4.80. The number of aliphatic carboxylic acids is 1. The summed E-state index contributed by atoms with van der Waals surface area (Å²) in [7, 11) is 0. The molecule has 4 heteroatoms. The molecule has 1 aromatic rings. The topological polar surface area (TPSA) is 64.3 Å². The fourth-order valence-corrected chi connectivity index (χ4v) is 4.80. The third kappa shape index (κ3) is 3.81. The normalized spacial score (nSPS) is 20.4. The molecule has 1 saturated heterocycles. The van der Waals surface area contributed by atoms with E-state index in [0.717, 1.165) is 68.4 Å². The quantitative estimate of drug-likeness (QED) is 0.884. The Hall–Kier alpha value is -2.02. The SMILES string of the molecule is Cc1cc(C)c(C#N)c(N2CCC3(CCC(CC(=O)O)CC3)CC2)c1. The van der Waals surface area contributed by atoms with E-state index >= 15 is 0 Å². The van der Waals surface area contributed by atoms with Gasteiger partial charge in [-0.1, -0.05) is 6.07 Å². The van der Waals surface area contributed by atoms with Crippen molar-refractivity contribution in [2.75, 3.05) is 18.0 Å². The Morgan fingerprint density at radius 3 is 2.44 bits per heavy atom. The number of hydrogen-bond donors (Lipinski definition) is 1. The van der Waals surface area contributed by atoms with E-state index in [2.05, 4.69) is 30.0 Å². The third-order valence-electron chi connectivity index (χ3n) is 6.36. The highest BCUT2D eigenvalue weighted by atomic mass is 16.4. The lowest BCUT2D eigenvalue weighted by molar-refractivity contribution is -0.138. The molecule has 2 aliphatic rings. The maximum Gasteiger partial charge on any atom is 0.303 e. The molecule has 1 N–H and O–H groups in total. The predicted octanol–water partition coefficient (Wildman–Crippen LogP) is 4.43. The van der Waals surface area contributed by atoms with Crippen molar-refractivity contribution in [3.05, 3.63) is 28.8 Å². The number of piperidine rings is 1. The Bertz CT molecular complexity index is 687. The number of carbonyl (C=O) groups is 1. The minimum Gasteiger partial charge on any atom is -0.481 e. The fraction of sp³-hybridized carbons (Fsp3) is 0.619. The zero-order valence-corrected chi connectivity index (χ0v) is 15.3. The molecule has 4 nitrogen and oxygen atoms in total. The largest absolute Gasteiger partial charge is 0.481 e. The van der Waals surface area contributed by atoms with Crippen LogP contribution in [0.5, 0.6) is 0 Å². The zero-order valence-electron chi connectivity index (χ0n) is 15.3. The first-order chi connectivity index (χ1) is 11.9. The molecule has 1 aromatic carbocycles. The number of nitriles is 1. The molecular weight excluding hydrogens is 312 g/mol. The molecule has 134 valence electrons. The second-order valence-corrected chi connectivity index (χ2v) is 8.12. The maximum absolute atomic E-state index is 10.9. The summed E-state index contributed by atoms with van der Waals surface area (Å²) in [5.41, 5.74) is 4.58. The van der Waals surface area contributed by atoms with Gasteiger partial charge in [0.1, 0.15) is 6.07 Å². The first-order valence-corrected chi connectivity index (χ1v) is 9.40. The van der Waals surface area contributed by atoms with Gasteiger partial charge in [0.05, 0.1) is 11.3 Å². The molecular formula is C21H28N2O2. The Labute approximate surface area is 150 Å². The van der Waals surface area contributed by atoms with Gasteiger partial charge in [0.15, 0.2) is 0 Å². The van der Waals surface area contributed by atoms with Crippen molar-refractivity contribution in [2.45, 2.75) is 58.8 Å². The van der Waals surface area contributed by atoms with Crippen LogP contribution in [0.15, 0.2) is 12.1 Å². The molecule has 0 amide bonds. The smallest absolute Gasteiger partial charge is 0.303 e. The van der Waals surface area contributed by atoms with Gasteiger partial charge in [-0.25, -0.2) is 0 Å². The van der Waals surface area contributed by atoms with Crippen molar-refractivity contribution in [1.29, 1.82) is 5.26 Å². The highest BCUT2D eigenvalue weighted by molar-refractivity contribution is 5.67. The second-order valence-electron chi connectivity index (χ2n) is 8.12. The molecule has 2 fully saturated rings. The standard InChI is InChI=1S/C21H28N2O2/c1-15-11-16(2)18(14-22)19(12-15)23-9-7-21(8-10-23)5-3-17(4-6-21)13-20(24)25/h11-12,17H,3-10,13H2,1-2H3,(H,24,25). The van der Waals surface area contributed by atoms with Gasteiger partial charge in [-0.3, -0.25) is 4.79 Å². The average molecular weight is 340 g/mol. The summed E-state index contributed by atoms with van der Waals surface area (Å²) in [6.07, 6.45) is 7.08. The van der Waals surface area contributed by atoms with E-state index in [9.17, 15) is 10.1 Å². The van der Waals surface area contributed by atoms with Crippen LogP contribution in [0.2, 0.25) is 0 Å². The van der Waals surface area contributed by atoms with Gasteiger partial charge in [0.25, 0.3) is 0 Å². The van der Waals surface area contributed by atoms with E-state index in [4.69, 9.17) is 5.11 Å². The Morgan fingerprint density at radius 2 is 1.88 bits per heavy atom. The van der Waals surface area contributed by atoms with E-state index in [-0.39, 0.29) is 0 Å². The van der Waals surface area contributed by atoms with Crippen LogP contribution in [0.3, 0.4) is 0 Å². The minimum absolute atomic E-state index is 0.330. The molecule has 1 aliphatic carbocycles. The van der Waals surface area contributed by atoms with Crippen LogP contribution in [0.4, 0.5) is 5.69 Å². The molecule has 1 heterocycles. The molecule has 0 aromatic heterocycles. The molecule has 0 unspecified atom stereocenters. The van der Waals surface area contributed by atoms with Crippen molar-refractivity contribution in [3.8, 4) is 6.07 Å². The lowest BCUT2D eigenvalue weighted by atomic mass is 9.65. The summed E-state index contributed by atoms with van der Waals surface area (Å²) in [6.45, 7) is 6.11. The first kappa shape index (κ1) is 17.8. The van der Waals surface area contributed by atoms with Crippen LogP contribution in [0.1, 0.15) is 61.6 Å². The molecule has 0 atom stereocenters. The van der Waals surface area contributed by atoms with Gasteiger partial charge in [-0.05, 0) is 80.9 Å². The monoisotopic (exact) mass is 340 g/mol.